The molecule has 0 fully saturated rings. The third kappa shape index (κ3) is 4.50. The first-order valence-electron chi connectivity index (χ1n) is 6.69. The second kappa shape index (κ2) is 8.01. The van der Waals surface area contributed by atoms with E-state index in [1.54, 1.807) is 30.3 Å². The van der Waals surface area contributed by atoms with E-state index >= 15 is 0 Å². The first kappa shape index (κ1) is 18.8. The van der Waals surface area contributed by atoms with E-state index in [0.29, 0.717) is 19.8 Å². The van der Waals surface area contributed by atoms with Crippen LogP contribution in [-0.2, 0) is 4.79 Å². The van der Waals surface area contributed by atoms with Gasteiger partial charge in [-0.05, 0) is 65.4 Å². The van der Waals surface area contributed by atoms with Gasteiger partial charge in [-0.2, -0.15) is 5.26 Å². The lowest BCUT2D eigenvalue weighted by Crippen LogP contribution is -2.14. The van der Waals surface area contributed by atoms with Gasteiger partial charge >= 0.3 is 0 Å². The number of benzene rings is 2. The molecule has 0 unspecified atom stereocenters. The molecule has 24 heavy (non-hydrogen) atoms. The van der Waals surface area contributed by atoms with Crippen molar-refractivity contribution in [3.8, 4) is 11.8 Å². The molecule has 0 radical (unpaired) electrons. The van der Waals surface area contributed by atoms with Gasteiger partial charge in [-0.25, -0.2) is 0 Å². The van der Waals surface area contributed by atoms with Gasteiger partial charge < -0.3 is 10.4 Å². The van der Waals surface area contributed by atoms with Crippen molar-refractivity contribution in [2.24, 2.45) is 0 Å². The molecule has 0 aliphatic rings. The number of rotatable bonds is 3. The standard InChI is InChI=1S/C17H11BrClIN2O2/c1-9-2-3-13(19)7-15(9)22-17(24)11(8-21)4-10-5-12(18)6-14(20)16(10)23/h2-7,23H,1H3,(H,22,24)/b11-4+. The predicted molar refractivity (Wildman–Crippen MR) is 107 cm³/mol. The smallest absolute Gasteiger partial charge is 0.266 e. The van der Waals surface area contributed by atoms with E-state index < -0.39 is 5.91 Å². The minimum Gasteiger partial charge on any atom is -0.506 e. The number of hydrogen-bond donors (Lipinski definition) is 2. The summed E-state index contributed by atoms with van der Waals surface area (Å²) in [5.41, 5.74) is 1.61. The summed E-state index contributed by atoms with van der Waals surface area (Å²) in [4.78, 5) is 12.4. The second-order valence-corrected chi connectivity index (χ2v) is 7.42. The summed E-state index contributed by atoms with van der Waals surface area (Å²) in [5, 5.41) is 22.5. The summed E-state index contributed by atoms with van der Waals surface area (Å²) < 4.78 is 1.34. The van der Waals surface area contributed by atoms with Gasteiger partial charge in [-0.3, -0.25) is 4.79 Å². The Bertz CT molecular complexity index is 891. The van der Waals surface area contributed by atoms with Gasteiger partial charge in [-0.1, -0.05) is 33.6 Å². The molecule has 0 saturated heterocycles. The molecular weight excluding hydrogens is 506 g/mol. The zero-order valence-electron chi connectivity index (χ0n) is 12.4. The van der Waals surface area contributed by atoms with E-state index in [9.17, 15) is 15.2 Å². The van der Waals surface area contributed by atoms with Crippen LogP contribution in [0.3, 0.4) is 0 Å². The molecule has 2 aromatic carbocycles. The van der Waals surface area contributed by atoms with E-state index in [-0.39, 0.29) is 11.3 Å². The third-order valence-corrected chi connectivity index (χ3v) is 4.69. The summed E-state index contributed by atoms with van der Waals surface area (Å²) in [7, 11) is 0. The molecular formula is C17H11BrClIN2O2. The maximum Gasteiger partial charge on any atom is 0.266 e. The van der Waals surface area contributed by atoms with E-state index in [4.69, 9.17) is 11.6 Å². The van der Waals surface area contributed by atoms with Crippen LogP contribution in [0.2, 0.25) is 5.02 Å². The number of carbonyl (C=O) groups excluding carboxylic acids is 1. The van der Waals surface area contributed by atoms with Crippen molar-refractivity contribution in [3.63, 3.8) is 0 Å². The number of aryl methyl sites for hydroxylation is 1. The average Bonchev–Trinajstić information content (AvgIpc) is 2.52. The van der Waals surface area contributed by atoms with Crippen LogP contribution in [0.5, 0.6) is 5.75 Å². The molecule has 2 N–H and O–H groups in total. The van der Waals surface area contributed by atoms with E-state index in [1.165, 1.54) is 6.08 Å². The summed E-state index contributed by atoms with van der Waals surface area (Å²) in [6, 6.07) is 10.3. The van der Waals surface area contributed by atoms with Crippen LogP contribution >= 0.6 is 50.1 Å². The van der Waals surface area contributed by atoms with Crippen LogP contribution < -0.4 is 5.32 Å². The SMILES string of the molecule is Cc1ccc(Cl)cc1NC(=O)/C(C#N)=C/c1cc(Br)cc(I)c1O. The zero-order valence-corrected chi connectivity index (χ0v) is 16.9. The first-order chi connectivity index (χ1) is 11.3. The molecule has 0 aromatic heterocycles. The lowest BCUT2D eigenvalue weighted by molar-refractivity contribution is -0.112. The van der Waals surface area contributed by atoms with Crippen LogP contribution in [-0.4, -0.2) is 11.0 Å². The number of phenolic OH excluding ortho intramolecular Hbond substituents is 1. The molecule has 1 amide bonds. The molecule has 0 saturated carbocycles. The van der Waals surface area contributed by atoms with Crippen LogP contribution in [0.25, 0.3) is 6.08 Å². The van der Waals surface area contributed by atoms with Gasteiger partial charge in [-0.15, -0.1) is 0 Å². The molecule has 0 aliphatic carbocycles. The Balaban J connectivity index is 2.36. The summed E-state index contributed by atoms with van der Waals surface area (Å²) in [6.45, 7) is 1.82. The maximum atomic E-state index is 12.4. The van der Waals surface area contributed by atoms with E-state index in [1.807, 2.05) is 35.6 Å². The first-order valence-corrected chi connectivity index (χ1v) is 8.94. The fourth-order valence-corrected chi connectivity index (χ4v) is 3.64. The molecule has 0 heterocycles. The summed E-state index contributed by atoms with van der Waals surface area (Å²) in [5.74, 6) is -0.560. The van der Waals surface area contributed by atoms with Gasteiger partial charge in [0.05, 0.1) is 3.57 Å². The van der Waals surface area contributed by atoms with Crippen molar-refractivity contribution in [2.75, 3.05) is 5.32 Å². The average molecular weight is 518 g/mol. The van der Waals surface area contributed by atoms with Crippen molar-refractivity contribution < 1.29 is 9.90 Å². The van der Waals surface area contributed by atoms with Crippen LogP contribution in [0.1, 0.15) is 11.1 Å². The minimum atomic E-state index is -0.572. The lowest BCUT2D eigenvalue weighted by Gasteiger charge is -2.09. The highest BCUT2D eigenvalue weighted by Gasteiger charge is 2.13. The van der Waals surface area contributed by atoms with Gasteiger partial charge in [0.2, 0.25) is 0 Å². The number of phenols is 1. The number of halogens is 3. The number of amides is 1. The van der Waals surface area contributed by atoms with Crippen molar-refractivity contribution in [1.82, 2.24) is 0 Å². The highest BCUT2D eigenvalue weighted by Crippen LogP contribution is 2.30. The summed E-state index contributed by atoms with van der Waals surface area (Å²) >= 11 is 11.2. The van der Waals surface area contributed by atoms with Gasteiger partial charge in [0.15, 0.2) is 0 Å². The molecule has 2 rings (SSSR count). The van der Waals surface area contributed by atoms with Gasteiger partial charge in [0.1, 0.15) is 17.4 Å². The Kier molecular flexibility index (Phi) is 6.27. The van der Waals surface area contributed by atoms with Crippen molar-refractivity contribution in [2.45, 2.75) is 6.92 Å². The summed E-state index contributed by atoms with van der Waals surface area (Å²) in [6.07, 6.45) is 1.34. The third-order valence-electron chi connectivity index (χ3n) is 3.17. The minimum absolute atomic E-state index is 0.0123. The Morgan fingerprint density at radius 2 is 2.12 bits per heavy atom. The van der Waals surface area contributed by atoms with Crippen molar-refractivity contribution in [3.05, 3.63) is 60.1 Å². The number of anilines is 1. The number of aromatic hydroxyl groups is 1. The fraction of sp³-hybridized carbons (Fsp3) is 0.0588. The highest BCUT2D eigenvalue weighted by atomic mass is 127. The highest BCUT2D eigenvalue weighted by molar-refractivity contribution is 14.1. The monoisotopic (exact) mass is 516 g/mol. The van der Waals surface area contributed by atoms with Crippen LogP contribution in [0.15, 0.2) is 40.4 Å². The van der Waals surface area contributed by atoms with E-state index in [2.05, 4.69) is 21.2 Å². The molecule has 4 nitrogen and oxygen atoms in total. The molecule has 7 heteroatoms. The fourth-order valence-electron chi connectivity index (χ4n) is 1.92. The molecule has 0 spiro atoms. The number of nitrogens with one attached hydrogen (secondary N) is 1. The Morgan fingerprint density at radius 1 is 1.42 bits per heavy atom. The predicted octanol–water partition coefficient (Wildman–Crippen LogP) is 5.27. The van der Waals surface area contributed by atoms with Crippen molar-refractivity contribution in [1.29, 1.82) is 5.26 Å². The number of carbonyl (C=O) groups is 1. The molecule has 0 atom stereocenters. The topological polar surface area (TPSA) is 73.1 Å². The number of nitrogens with zero attached hydrogens (tertiary/aromatic N) is 1. The normalized spacial score (nSPS) is 11.0. The quantitative estimate of drug-likeness (QED) is 0.331. The Morgan fingerprint density at radius 3 is 2.79 bits per heavy atom. The van der Waals surface area contributed by atoms with Gasteiger partial charge in [0.25, 0.3) is 5.91 Å². The Labute approximate surface area is 166 Å². The zero-order chi connectivity index (χ0) is 17.9. The van der Waals surface area contributed by atoms with Crippen molar-refractivity contribution >= 4 is 67.8 Å². The number of nitriles is 1. The molecule has 2 aromatic rings. The number of hydrogen-bond acceptors (Lipinski definition) is 3. The molecule has 122 valence electrons. The van der Waals surface area contributed by atoms with Gasteiger partial charge in [0, 0.05) is 20.7 Å². The molecule has 0 aliphatic heterocycles. The van der Waals surface area contributed by atoms with E-state index in [0.717, 1.165) is 10.0 Å². The second-order valence-electron chi connectivity index (χ2n) is 4.91. The molecule has 0 bridgehead atoms. The Hall–Kier alpha value is -1.56. The lowest BCUT2D eigenvalue weighted by atomic mass is 10.1. The van der Waals surface area contributed by atoms with Crippen LogP contribution in [0.4, 0.5) is 5.69 Å². The van der Waals surface area contributed by atoms with Crippen LogP contribution in [0, 0.1) is 21.8 Å². The largest absolute Gasteiger partial charge is 0.506 e. The maximum absolute atomic E-state index is 12.4.